The van der Waals surface area contributed by atoms with Crippen molar-refractivity contribution in [1.29, 1.82) is 0 Å². The summed E-state index contributed by atoms with van der Waals surface area (Å²) < 4.78 is 13.8. The molecule has 6 heteroatoms. The van der Waals surface area contributed by atoms with Crippen LogP contribution in [0.25, 0.3) is 11.3 Å². The van der Waals surface area contributed by atoms with Crippen LogP contribution in [-0.4, -0.2) is 17.8 Å². The van der Waals surface area contributed by atoms with E-state index >= 15 is 0 Å². The second-order valence-corrected chi connectivity index (χ2v) is 8.51. The molecule has 0 saturated heterocycles. The summed E-state index contributed by atoms with van der Waals surface area (Å²) in [5.41, 5.74) is 4.39. The molecule has 2 heterocycles. The highest BCUT2D eigenvalue weighted by atomic mass is 35.5. The number of ether oxygens (including phenoxy) is 2. The topological polar surface area (TPSA) is 35.8 Å². The Labute approximate surface area is 190 Å². The lowest BCUT2D eigenvalue weighted by Gasteiger charge is -2.19. The van der Waals surface area contributed by atoms with Gasteiger partial charge < -0.3 is 14.0 Å². The standard InChI is InChI=1S/C25H21ClN2O2S/c26-20-7-9-21(10-8-20)27-25-28(13-12-18-4-2-1-3-5-18)22(17-31-25)19-6-11-23-24(16-19)30-15-14-29-23/h1-11,16-17H,12-15H2. The summed E-state index contributed by atoms with van der Waals surface area (Å²) in [6, 6.07) is 24.3. The van der Waals surface area contributed by atoms with Gasteiger partial charge in [0, 0.05) is 22.5 Å². The van der Waals surface area contributed by atoms with Gasteiger partial charge in [0.05, 0.1) is 11.4 Å². The molecule has 0 N–H and O–H groups in total. The van der Waals surface area contributed by atoms with Gasteiger partial charge in [0.25, 0.3) is 0 Å². The molecule has 0 radical (unpaired) electrons. The number of benzene rings is 3. The van der Waals surface area contributed by atoms with Crippen molar-refractivity contribution in [1.82, 2.24) is 4.57 Å². The van der Waals surface area contributed by atoms with Gasteiger partial charge in [0.15, 0.2) is 16.3 Å². The van der Waals surface area contributed by atoms with Crippen LogP contribution in [0, 0.1) is 0 Å². The van der Waals surface area contributed by atoms with Gasteiger partial charge in [-0.1, -0.05) is 41.9 Å². The number of fused-ring (bicyclic) bond motifs is 1. The summed E-state index contributed by atoms with van der Waals surface area (Å²) in [7, 11) is 0. The maximum absolute atomic E-state index is 6.04. The van der Waals surface area contributed by atoms with Crippen molar-refractivity contribution in [3.8, 4) is 22.8 Å². The lowest BCUT2D eigenvalue weighted by molar-refractivity contribution is 0.171. The first-order valence-electron chi connectivity index (χ1n) is 10.2. The van der Waals surface area contributed by atoms with E-state index in [1.54, 1.807) is 11.3 Å². The quantitative estimate of drug-likeness (QED) is 0.369. The Morgan fingerprint density at radius 2 is 1.68 bits per heavy atom. The number of hydrogen-bond acceptors (Lipinski definition) is 4. The van der Waals surface area contributed by atoms with E-state index in [1.165, 1.54) is 5.56 Å². The first-order chi connectivity index (χ1) is 15.3. The van der Waals surface area contributed by atoms with Crippen LogP contribution >= 0.6 is 22.9 Å². The first kappa shape index (κ1) is 19.9. The van der Waals surface area contributed by atoms with Gasteiger partial charge in [-0.15, -0.1) is 11.3 Å². The molecule has 4 aromatic rings. The molecule has 0 spiro atoms. The Morgan fingerprint density at radius 1 is 0.903 bits per heavy atom. The number of hydrogen-bond donors (Lipinski definition) is 0. The Kier molecular flexibility index (Phi) is 5.78. The van der Waals surface area contributed by atoms with Crippen LogP contribution in [-0.2, 0) is 13.0 Å². The third kappa shape index (κ3) is 4.53. The Balaban J connectivity index is 1.55. The largest absolute Gasteiger partial charge is 0.486 e. The number of nitrogens with zero attached hydrogens (tertiary/aromatic N) is 2. The van der Waals surface area contributed by atoms with Gasteiger partial charge in [-0.05, 0) is 54.4 Å². The summed E-state index contributed by atoms with van der Waals surface area (Å²) in [5, 5.41) is 2.87. The average Bonchev–Trinajstić information content (AvgIpc) is 3.22. The number of rotatable bonds is 5. The van der Waals surface area contributed by atoms with Crippen molar-refractivity contribution in [3.63, 3.8) is 0 Å². The highest BCUT2D eigenvalue weighted by Crippen LogP contribution is 2.34. The van der Waals surface area contributed by atoms with Crippen LogP contribution < -0.4 is 14.3 Å². The lowest BCUT2D eigenvalue weighted by Crippen LogP contribution is -2.18. The van der Waals surface area contributed by atoms with E-state index in [9.17, 15) is 0 Å². The fourth-order valence-electron chi connectivity index (χ4n) is 3.58. The van der Waals surface area contributed by atoms with Gasteiger partial charge in [0.1, 0.15) is 13.2 Å². The van der Waals surface area contributed by atoms with Crippen LogP contribution in [0.2, 0.25) is 5.02 Å². The molecule has 1 aromatic heterocycles. The average molecular weight is 449 g/mol. The zero-order valence-corrected chi connectivity index (χ0v) is 18.4. The SMILES string of the molecule is Clc1ccc(N=c2scc(-c3ccc4c(c3)OCCO4)n2CCc2ccccc2)cc1. The zero-order chi connectivity index (χ0) is 21.0. The number of aryl methyl sites for hydroxylation is 1. The minimum Gasteiger partial charge on any atom is -0.486 e. The second-order valence-electron chi connectivity index (χ2n) is 7.24. The van der Waals surface area contributed by atoms with Gasteiger partial charge in [-0.3, -0.25) is 0 Å². The van der Waals surface area contributed by atoms with Gasteiger partial charge in [0.2, 0.25) is 0 Å². The van der Waals surface area contributed by atoms with Crippen molar-refractivity contribution in [2.75, 3.05) is 13.2 Å². The predicted octanol–water partition coefficient (Wildman–Crippen LogP) is 6.12. The number of halogens is 1. The molecule has 0 unspecified atom stereocenters. The summed E-state index contributed by atoms with van der Waals surface area (Å²) >= 11 is 7.67. The molecule has 156 valence electrons. The molecule has 0 fully saturated rings. The van der Waals surface area contributed by atoms with Crippen molar-refractivity contribution >= 4 is 28.6 Å². The minimum absolute atomic E-state index is 0.575. The molecule has 0 saturated carbocycles. The molecule has 5 rings (SSSR count). The third-order valence-corrected chi connectivity index (χ3v) is 6.27. The normalized spacial score (nSPS) is 13.4. The lowest BCUT2D eigenvalue weighted by atomic mass is 10.1. The molecule has 3 aromatic carbocycles. The van der Waals surface area contributed by atoms with Crippen molar-refractivity contribution in [2.45, 2.75) is 13.0 Å². The van der Waals surface area contributed by atoms with Crippen molar-refractivity contribution < 1.29 is 9.47 Å². The van der Waals surface area contributed by atoms with Gasteiger partial charge in [-0.25, -0.2) is 4.99 Å². The molecular weight excluding hydrogens is 428 g/mol. The fourth-order valence-corrected chi connectivity index (χ4v) is 4.66. The van der Waals surface area contributed by atoms with Gasteiger partial charge in [-0.2, -0.15) is 0 Å². The highest BCUT2D eigenvalue weighted by Gasteiger charge is 2.15. The highest BCUT2D eigenvalue weighted by molar-refractivity contribution is 7.07. The molecule has 4 nitrogen and oxygen atoms in total. The van der Waals surface area contributed by atoms with E-state index < -0.39 is 0 Å². The minimum atomic E-state index is 0.575. The predicted molar refractivity (Wildman–Crippen MR) is 126 cm³/mol. The molecule has 0 amide bonds. The van der Waals surface area contributed by atoms with E-state index in [4.69, 9.17) is 26.1 Å². The second kappa shape index (κ2) is 9.00. The zero-order valence-electron chi connectivity index (χ0n) is 16.8. The van der Waals surface area contributed by atoms with Crippen LogP contribution in [0.3, 0.4) is 0 Å². The van der Waals surface area contributed by atoms with Gasteiger partial charge >= 0.3 is 0 Å². The number of thiazole rings is 1. The Morgan fingerprint density at radius 3 is 2.48 bits per heavy atom. The molecule has 31 heavy (non-hydrogen) atoms. The molecule has 0 atom stereocenters. The summed E-state index contributed by atoms with van der Waals surface area (Å²) in [5.74, 6) is 1.59. The molecule has 1 aliphatic rings. The summed E-state index contributed by atoms with van der Waals surface area (Å²) in [6.07, 6.45) is 0.920. The van der Waals surface area contributed by atoms with E-state index in [0.29, 0.717) is 18.2 Å². The van der Waals surface area contributed by atoms with Crippen LogP contribution in [0.4, 0.5) is 5.69 Å². The Bertz CT molecular complexity index is 1250. The number of aromatic nitrogens is 1. The molecule has 0 aliphatic carbocycles. The maximum Gasteiger partial charge on any atom is 0.190 e. The molecule has 1 aliphatic heterocycles. The van der Waals surface area contributed by atoms with E-state index in [1.807, 2.05) is 36.4 Å². The maximum atomic E-state index is 6.04. The fraction of sp³-hybridized carbons (Fsp3) is 0.160. The van der Waals surface area contributed by atoms with Crippen molar-refractivity contribution in [3.05, 3.63) is 93.6 Å². The Hall–Kier alpha value is -3.02. The smallest absolute Gasteiger partial charge is 0.190 e. The van der Waals surface area contributed by atoms with E-state index in [0.717, 1.165) is 46.2 Å². The van der Waals surface area contributed by atoms with E-state index in [2.05, 4.69) is 46.3 Å². The first-order valence-corrected chi connectivity index (χ1v) is 11.4. The van der Waals surface area contributed by atoms with Crippen molar-refractivity contribution in [2.24, 2.45) is 4.99 Å². The molecule has 0 bridgehead atoms. The van der Waals surface area contributed by atoms with Crippen LogP contribution in [0.15, 0.2) is 83.2 Å². The van der Waals surface area contributed by atoms with Crippen LogP contribution in [0.1, 0.15) is 5.56 Å². The third-order valence-electron chi connectivity index (χ3n) is 5.15. The van der Waals surface area contributed by atoms with E-state index in [-0.39, 0.29) is 0 Å². The molecular formula is C25H21ClN2O2S. The van der Waals surface area contributed by atoms with Crippen LogP contribution in [0.5, 0.6) is 11.5 Å². The summed E-state index contributed by atoms with van der Waals surface area (Å²) in [6.45, 7) is 1.99. The summed E-state index contributed by atoms with van der Waals surface area (Å²) in [4.78, 5) is 5.84. The monoisotopic (exact) mass is 448 g/mol.